The minimum atomic E-state index is -0.852. The van der Waals surface area contributed by atoms with Crippen molar-refractivity contribution >= 4 is 23.2 Å². The average Bonchev–Trinajstić information content (AvgIpc) is 2.13. The van der Waals surface area contributed by atoms with Crippen molar-refractivity contribution in [1.29, 1.82) is 5.26 Å². The molecule has 1 nitrogen and oxygen atoms in total. The first-order valence-electron chi connectivity index (χ1n) is 4.30. The fourth-order valence-electron chi connectivity index (χ4n) is 1.24. The van der Waals surface area contributed by atoms with Crippen LogP contribution in [0.4, 0.5) is 0 Å². The van der Waals surface area contributed by atoms with Crippen molar-refractivity contribution in [1.82, 2.24) is 0 Å². The molecule has 1 unspecified atom stereocenters. The van der Waals surface area contributed by atoms with Crippen molar-refractivity contribution in [2.75, 3.05) is 0 Å². The molecule has 0 amide bonds. The van der Waals surface area contributed by atoms with E-state index >= 15 is 0 Å². The Kier molecular flexibility index (Phi) is 3.42. The number of hydrogen-bond acceptors (Lipinski definition) is 1. The molecule has 0 aliphatic carbocycles. The molecule has 0 saturated heterocycles. The first-order chi connectivity index (χ1) is 6.46. The van der Waals surface area contributed by atoms with E-state index in [9.17, 15) is 0 Å². The van der Waals surface area contributed by atoms with Gasteiger partial charge < -0.3 is 0 Å². The van der Waals surface area contributed by atoms with E-state index in [0.717, 1.165) is 11.1 Å². The minimum absolute atomic E-state index is 0.511. The van der Waals surface area contributed by atoms with Crippen LogP contribution in [-0.4, -0.2) is 4.87 Å². The third-order valence-electron chi connectivity index (χ3n) is 2.14. The molecule has 1 atom stereocenters. The molecule has 1 aromatic carbocycles. The van der Waals surface area contributed by atoms with E-state index in [0.29, 0.717) is 11.4 Å². The van der Waals surface area contributed by atoms with Gasteiger partial charge in [0.05, 0.1) is 6.07 Å². The third-order valence-corrected chi connectivity index (χ3v) is 2.76. The standard InChI is InChI=1S/C11H11Cl2N/c1-8-9(4-3-5-10(8)12)6-11(2,13)7-14/h3-5H,6H2,1-2H3. The lowest BCUT2D eigenvalue weighted by atomic mass is 9.98. The van der Waals surface area contributed by atoms with Gasteiger partial charge in [0, 0.05) is 11.4 Å². The fraction of sp³-hybridized carbons (Fsp3) is 0.364. The Morgan fingerprint density at radius 3 is 2.71 bits per heavy atom. The Balaban J connectivity index is 3.00. The zero-order valence-corrected chi connectivity index (χ0v) is 9.65. The summed E-state index contributed by atoms with van der Waals surface area (Å²) in [4.78, 5) is -0.852. The van der Waals surface area contributed by atoms with Crippen molar-refractivity contribution in [3.8, 4) is 6.07 Å². The van der Waals surface area contributed by atoms with E-state index in [1.807, 2.05) is 25.1 Å². The Labute approximate surface area is 94.3 Å². The molecular weight excluding hydrogens is 217 g/mol. The Bertz CT molecular complexity index is 377. The van der Waals surface area contributed by atoms with Crippen LogP contribution in [-0.2, 0) is 6.42 Å². The first kappa shape index (κ1) is 11.4. The van der Waals surface area contributed by atoms with Crippen LogP contribution in [0.1, 0.15) is 18.1 Å². The topological polar surface area (TPSA) is 23.8 Å². The second-order valence-electron chi connectivity index (χ2n) is 3.51. The molecule has 0 aliphatic heterocycles. The van der Waals surface area contributed by atoms with Gasteiger partial charge in [0.15, 0.2) is 0 Å². The van der Waals surface area contributed by atoms with Gasteiger partial charge in [-0.1, -0.05) is 23.7 Å². The zero-order valence-electron chi connectivity index (χ0n) is 8.14. The molecule has 1 aromatic rings. The SMILES string of the molecule is Cc1c(Cl)cccc1CC(C)(Cl)C#N. The average molecular weight is 228 g/mol. The summed E-state index contributed by atoms with van der Waals surface area (Å²) in [5, 5.41) is 9.52. The van der Waals surface area contributed by atoms with E-state index in [1.54, 1.807) is 6.92 Å². The lowest BCUT2D eigenvalue weighted by Crippen LogP contribution is -2.17. The molecule has 0 aliphatic rings. The van der Waals surface area contributed by atoms with Crippen molar-refractivity contribution < 1.29 is 0 Å². The van der Waals surface area contributed by atoms with Crippen LogP contribution in [0.25, 0.3) is 0 Å². The number of nitrogens with zero attached hydrogens (tertiary/aromatic N) is 1. The van der Waals surface area contributed by atoms with E-state index in [-0.39, 0.29) is 0 Å². The van der Waals surface area contributed by atoms with Gasteiger partial charge in [0.1, 0.15) is 4.87 Å². The molecule has 0 N–H and O–H groups in total. The van der Waals surface area contributed by atoms with Gasteiger partial charge in [-0.05, 0) is 31.0 Å². The largest absolute Gasteiger partial charge is 0.196 e. The molecule has 0 aromatic heterocycles. The number of benzene rings is 1. The quantitative estimate of drug-likeness (QED) is 0.708. The molecule has 0 saturated carbocycles. The van der Waals surface area contributed by atoms with E-state index in [1.165, 1.54) is 0 Å². The summed E-state index contributed by atoms with van der Waals surface area (Å²) in [6, 6.07) is 7.70. The van der Waals surface area contributed by atoms with E-state index in [4.69, 9.17) is 28.5 Å². The summed E-state index contributed by atoms with van der Waals surface area (Å²) in [6.07, 6.45) is 0.511. The fourth-order valence-corrected chi connectivity index (χ4v) is 1.58. The summed E-state index contributed by atoms with van der Waals surface area (Å²) in [7, 11) is 0. The summed E-state index contributed by atoms with van der Waals surface area (Å²) >= 11 is 11.9. The van der Waals surface area contributed by atoms with E-state index in [2.05, 4.69) is 6.07 Å². The maximum atomic E-state index is 8.80. The van der Waals surface area contributed by atoms with Crippen molar-refractivity contribution in [2.45, 2.75) is 25.1 Å². The monoisotopic (exact) mass is 227 g/mol. The smallest absolute Gasteiger partial charge is 0.132 e. The lowest BCUT2D eigenvalue weighted by Gasteiger charge is -2.14. The van der Waals surface area contributed by atoms with Gasteiger partial charge >= 0.3 is 0 Å². The number of alkyl halides is 1. The summed E-state index contributed by atoms with van der Waals surface area (Å²) in [6.45, 7) is 3.64. The lowest BCUT2D eigenvalue weighted by molar-refractivity contribution is 0.778. The van der Waals surface area contributed by atoms with Crippen molar-refractivity contribution in [2.24, 2.45) is 0 Å². The predicted octanol–water partition coefficient (Wildman–Crippen LogP) is 3.71. The second kappa shape index (κ2) is 4.21. The van der Waals surface area contributed by atoms with Crippen LogP contribution in [0.5, 0.6) is 0 Å². The first-order valence-corrected chi connectivity index (χ1v) is 5.06. The van der Waals surface area contributed by atoms with Gasteiger partial charge in [0.2, 0.25) is 0 Å². The number of halogens is 2. The molecule has 0 spiro atoms. The maximum Gasteiger partial charge on any atom is 0.132 e. The second-order valence-corrected chi connectivity index (χ2v) is 4.75. The molecule has 0 radical (unpaired) electrons. The number of nitriles is 1. The molecular formula is C11H11Cl2N. The molecule has 74 valence electrons. The molecule has 0 heterocycles. The van der Waals surface area contributed by atoms with E-state index < -0.39 is 4.87 Å². The number of hydrogen-bond donors (Lipinski definition) is 0. The summed E-state index contributed by atoms with van der Waals surface area (Å²) in [5.41, 5.74) is 2.02. The van der Waals surface area contributed by atoms with Gasteiger partial charge in [-0.25, -0.2) is 0 Å². The highest BCUT2D eigenvalue weighted by Crippen LogP contribution is 2.25. The van der Waals surface area contributed by atoms with Crippen LogP contribution >= 0.6 is 23.2 Å². The number of rotatable bonds is 2. The Morgan fingerprint density at radius 2 is 2.14 bits per heavy atom. The van der Waals surface area contributed by atoms with Gasteiger partial charge in [-0.2, -0.15) is 5.26 Å². The highest BCUT2D eigenvalue weighted by Gasteiger charge is 2.21. The Hall–Kier alpha value is -0.710. The van der Waals surface area contributed by atoms with Crippen molar-refractivity contribution in [3.05, 3.63) is 34.3 Å². The zero-order chi connectivity index (χ0) is 10.8. The third kappa shape index (κ3) is 2.64. The molecule has 14 heavy (non-hydrogen) atoms. The van der Waals surface area contributed by atoms with Gasteiger partial charge in [-0.3, -0.25) is 0 Å². The highest BCUT2D eigenvalue weighted by molar-refractivity contribution is 6.31. The molecule has 1 rings (SSSR count). The van der Waals surface area contributed by atoms with Crippen molar-refractivity contribution in [3.63, 3.8) is 0 Å². The van der Waals surface area contributed by atoms with Crippen LogP contribution in [0.3, 0.4) is 0 Å². The van der Waals surface area contributed by atoms with Gasteiger partial charge in [0.25, 0.3) is 0 Å². The molecule has 0 fully saturated rings. The summed E-state index contributed by atoms with van der Waals surface area (Å²) in [5.74, 6) is 0. The summed E-state index contributed by atoms with van der Waals surface area (Å²) < 4.78 is 0. The van der Waals surface area contributed by atoms with Crippen LogP contribution in [0.2, 0.25) is 5.02 Å². The normalized spacial score (nSPS) is 14.5. The van der Waals surface area contributed by atoms with Crippen LogP contribution < -0.4 is 0 Å². The maximum absolute atomic E-state index is 8.80. The van der Waals surface area contributed by atoms with Gasteiger partial charge in [-0.15, -0.1) is 11.6 Å². The molecule has 0 bridgehead atoms. The Morgan fingerprint density at radius 1 is 1.50 bits per heavy atom. The minimum Gasteiger partial charge on any atom is -0.196 e. The van der Waals surface area contributed by atoms with Crippen LogP contribution in [0, 0.1) is 18.3 Å². The predicted molar refractivity (Wildman–Crippen MR) is 59.8 cm³/mol. The molecule has 3 heteroatoms. The van der Waals surface area contributed by atoms with Crippen LogP contribution in [0.15, 0.2) is 18.2 Å². The highest BCUT2D eigenvalue weighted by atomic mass is 35.5.